The Labute approximate surface area is 293 Å². The van der Waals surface area contributed by atoms with Crippen molar-refractivity contribution in [2.75, 3.05) is 26.4 Å². The topological polar surface area (TPSA) is 206 Å². The van der Waals surface area contributed by atoms with Crippen LogP contribution in [0.1, 0.15) is 28.7 Å². The largest absolute Gasteiger partial charge is 0.458 e. The van der Waals surface area contributed by atoms with Crippen molar-refractivity contribution >= 4 is 18.0 Å². The second kappa shape index (κ2) is 13.6. The van der Waals surface area contributed by atoms with Crippen LogP contribution in [0.5, 0.6) is 0 Å². The predicted molar refractivity (Wildman–Crippen MR) is 173 cm³/mol. The van der Waals surface area contributed by atoms with Gasteiger partial charge in [-0.1, -0.05) is 60.7 Å². The van der Waals surface area contributed by atoms with E-state index >= 15 is 0 Å². The van der Waals surface area contributed by atoms with Gasteiger partial charge in [0.15, 0.2) is 18.1 Å². The molecule has 11 unspecified atom stereocenters. The maximum Gasteiger partial charge on any atom is 0.327 e. The third kappa shape index (κ3) is 5.81. The van der Waals surface area contributed by atoms with E-state index in [9.17, 15) is 35.1 Å². The first kappa shape index (κ1) is 34.7. The molecule has 5 fully saturated rings. The monoisotopic (exact) mass is 710 g/mol. The van der Waals surface area contributed by atoms with E-state index < -0.39 is 90.8 Å². The van der Waals surface area contributed by atoms with Gasteiger partial charge in [0, 0.05) is 25.8 Å². The molecule has 2 aliphatic carbocycles. The molecule has 2 aromatic rings. The number of hydrogen-bond donors (Lipinski definition) is 6. The predicted octanol–water partition coefficient (Wildman–Crippen LogP) is -1.30. The summed E-state index contributed by atoms with van der Waals surface area (Å²) < 4.78 is 30.4. The van der Waals surface area contributed by atoms with Crippen LogP contribution in [0.2, 0.25) is 0 Å². The number of nitrogens with zero attached hydrogens (tertiary/aromatic N) is 1. The SMILES string of the molecule is O=C1OC2CC3(C(=O)NCCO)C(ON(Cc4ccccc4C=CCOC4OC(CO)C(O)C(O)C4O)C13)C1OC3(Cc4ccccc4C3)OC21. The Hall–Kier alpha value is -3.32. The Balaban J connectivity index is 1.03. The van der Waals surface area contributed by atoms with Crippen molar-refractivity contribution in [1.82, 2.24) is 10.4 Å². The van der Waals surface area contributed by atoms with Crippen molar-refractivity contribution < 1.29 is 63.6 Å². The van der Waals surface area contributed by atoms with E-state index in [1.54, 1.807) is 12.2 Å². The van der Waals surface area contributed by atoms with E-state index in [-0.39, 0.29) is 32.7 Å². The third-order valence-corrected chi connectivity index (χ3v) is 11.0. The number of aliphatic hydroxyl groups excluding tert-OH is 5. The molecule has 2 bridgehead atoms. The van der Waals surface area contributed by atoms with E-state index in [1.807, 2.05) is 48.5 Å². The number of aliphatic hydroxyl groups is 5. The van der Waals surface area contributed by atoms with Crippen LogP contribution in [-0.2, 0) is 57.5 Å². The van der Waals surface area contributed by atoms with Gasteiger partial charge >= 0.3 is 5.97 Å². The first-order valence-electron chi connectivity index (χ1n) is 17.3. The van der Waals surface area contributed by atoms with Gasteiger partial charge in [0.2, 0.25) is 5.91 Å². The highest BCUT2D eigenvalue weighted by Crippen LogP contribution is 2.58. The summed E-state index contributed by atoms with van der Waals surface area (Å²) >= 11 is 0. The molecule has 2 aromatic carbocycles. The standard InChI is InChI=1S/C36H42N2O13/c39-12-11-37-34(45)36-16-23-28-29(50-35(49-28)14-20-7-2-3-8-21(20)15-35)31(36)51-38(30(36)32(44)47-23)17-22-9-4-1-6-19(22)10-5-13-46-33-27(43)26(42)25(41)24(18-40)48-33/h1-10,23-31,33,39-43H,11-18H2,(H,37,45). The maximum atomic E-state index is 14.1. The first-order chi connectivity index (χ1) is 24.7. The number of nitrogens with one attached hydrogen (secondary N) is 1. The molecule has 6 N–H and O–H groups in total. The van der Waals surface area contributed by atoms with Gasteiger partial charge in [0.1, 0.15) is 54.2 Å². The van der Waals surface area contributed by atoms with Crippen LogP contribution in [0, 0.1) is 5.41 Å². The summed E-state index contributed by atoms with van der Waals surface area (Å²) in [6.07, 6.45) is -5.29. The minimum atomic E-state index is -1.55. The molecule has 0 aromatic heterocycles. The zero-order valence-corrected chi connectivity index (χ0v) is 27.7. The molecule has 1 amide bonds. The van der Waals surface area contributed by atoms with E-state index in [4.69, 9.17) is 28.5 Å². The number of ether oxygens (including phenoxy) is 5. The molecule has 6 aliphatic rings. The Morgan fingerprint density at radius 2 is 1.71 bits per heavy atom. The number of rotatable bonds is 10. The Kier molecular flexibility index (Phi) is 9.26. The number of hydrogen-bond acceptors (Lipinski definition) is 14. The third-order valence-electron chi connectivity index (χ3n) is 11.0. The molecule has 4 aliphatic heterocycles. The number of carbonyl (C=O) groups is 2. The van der Waals surface area contributed by atoms with Crippen molar-refractivity contribution in [2.45, 2.75) is 92.8 Å². The molecule has 1 saturated carbocycles. The van der Waals surface area contributed by atoms with Crippen LogP contribution >= 0.6 is 0 Å². The molecule has 274 valence electrons. The molecule has 4 heterocycles. The highest BCUT2D eigenvalue weighted by molar-refractivity contribution is 5.93. The van der Waals surface area contributed by atoms with Gasteiger partial charge in [-0.15, -0.1) is 0 Å². The molecule has 8 rings (SSSR count). The van der Waals surface area contributed by atoms with Crippen molar-refractivity contribution in [1.29, 1.82) is 0 Å². The number of amides is 1. The summed E-state index contributed by atoms with van der Waals surface area (Å²) in [6, 6.07) is 14.3. The highest BCUT2D eigenvalue weighted by Gasteiger charge is 2.76. The van der Waals surface area contributed by atoms with E-state index in [2.05, 4.69) is 5.32 Å². The van der Waals surface area contributed by atoms with Crippen molar-refractivity contribution in [3.63, 3.8) is 0 Å². The number of fused-ring (bicyclic) bond motifs is 5. The zero-order chi connectivity index (χ0) is 35.5. The zero-order valence-electron chi connectivity index (χ0n) is 27.7. The molecule has 15 heteroatoms. The highest BCUT2D eigenvalue weighted by atomic mass is 16.8. The lowest BCUT2D eigenvalue weighted by molar-refractivity contribution is -0.298. The van der Waals surface area contributed by atoms with Crippen LogP contribution in [-0.4, -0.2) is 136 Å². The summed E-state index contributed by atoms with van der Waals surface area (Å²) in [4.78, 5) is 34.7. The second-order valence-corrected chi connectivity index (χ2v) is 14.0. The molecule has 51 heavy (non-hydrogen) atoms. The number of esters is 1. The molecular formula is C36H42N2O13. The quantitative estimate of drug-likeness (QED) is 0.159. The Morgan fingerprint density at radius 1 is 0.980 bits per heavy atom. The smallest absolute Gasteiger partial charge is 0.327 e. The van der Waals surface area contributed by atoms with Gasteiger partial charge in [-0.3, -0.25) is 14.4 Å². The van der Waals surface area contributed by atoms with E-state index in [0.717, 1.165) is 22.3 Å². The van der Waals surface area contributed by atoms with Gasteiger partial charge in [-0.2, -0.15) is 5.06 Å². The van der Waals surface area contributed by atoms with Crippen LogP contribution in [0.4, 0.5) is 0 Å². The van der Waals surface area contributed by atoms with Crippen LogP contribution in [0.15, 0.2) is 54.6 Å². The summed E-state index contributed by atoms with van der Waals surface area (Å²) in [7, 11) is 0. The van der Waals surface area contributed by atoms with E-state index in [0.29, 0.717) is 12.8 Å². The molecule has 1 spiro atoms. The lowest BCUT2D eigenvalue weighted by atomic mass is 9.62. The summed E-state index contributed by atoms with van der Waals surface area (Å²) in [5.41, 5.74) is 2.35. The summed E-state index contributed by atoms with van der Waals surface area (Å²) in [5, 5.41) is 53.7. The minimum Gasteiger partial charge on any atom is -0.458 e. The molecule has 4 saturated heterocycles. The van der Waals surface area contributed by atoms with Gasteiger partial charge in [0.05, 0.1) is 26.4 Å². The van der Waals surface area contributed by atoms with Gasteiger partial charge in [0.25, 0.3) is 0 Å². The molecule has 0 radical (unpaired) electrons. The van der Waals surface area contributed by atoms with Crippen LogP contribution in [0.25, 0.3) is 6.08 Å². The summed E-state index contributed by atoms with van der Waals surface area (Å²) in [6.45, 7) is -0.789. The van der Waals surface area contributed by atoms with Gasteiger partial charge < -0.3 is 54.5 Å². The van der Waals surface area contributed by atoms with Gasteiger partial charge in [-0.25, -0.2) is 0 Å². The lowest BCUT2D eigenvalue weighted by Crippen LogP contribution is -2.69. The number of benzene rings is 2. The fraction of sp³-hybridized carbons (Fsp3) is 0.556. The average molecular weight is 711 g/mol. The second-order valence-electron chi connectivity index (χ2n) is 14.0. The van der Waals surface area contributed by atoms with Crippen molar-refractivity contribution in [2.24, 2.45) is 5.41 Å². The van der Waals surface area contributed by atoms with Crippen LogP contribution in [0.3, 0.4) is 0 Å². The molecular weight excluding hydrogens is 668 g/mol. The fourth-order valence-corrected chi connectivity index (χ4v) is 8.63. The molecule has 11 atom stereocenters. The van der Waals surface area contributed by atoms with Crippen LogP contribution < -0.4 is 5.32 Å². The normalized spacial score (nSPS) is 37.8. The Morgan fingerprint density at radius 3 is 2.45 bits per heavy atom. The summed E-state index contributed by atoms with van der Waals surface area (Å²) in [5.74, 6) is -2.01. The maximum absolute atomic E-state index is 14.1. The number of carbonyl (C=O) groups excluding carboxylic acids is 2. The number of hydroxylamine groups is 2. The minimum absolute atomic E-state index is 0.00323. The van der Waals surface area contributed by atoms with E-state index in [1.165, 1.54) is 5.06 Å². The van der Waals surface area contributed by atoms with Gasteiger partial charge in [-0.05, 0) is 22.3 Å². The lowest BCUT2D eigenvalue weighted by Gasteiger charge is -2.48. The first-order valence-corrected chi connectivity index (χ1v) is 17.3. The fourth-order valence-electron chi connectivity index (χ4n) is 8.63. The van der Waals surface area contributed by atoms with Crippen molar-refractivity contribution in [3.05, 3.63) is 76.9 Å². The van der Waals surface area contributed by atoms with Crippen molar-refractivity contribution in [3.8, 4) is 0 Å². The molecule has 15 nitrogen and oxygen atoms in total. The average Bonchev–Trinajstić information content (AvgIpc) is 3.81. The Bertz CT molecular complexity index is 1650.